The highest BCUT2D eigenvalue weighted by molar-refractivity contribution is 5.22. The standard InChI is InChI=1S/C23H32/c1-2-12-21-17-19-23(20-18-21)16-9-6-4-3-5-8-13-22-14-10-7-11-15-22/h7,10-11,14-15,17-20H,2-6,8-9,12-13,16H2,1H3. The van der Waals surface area contributed by atoms with Gasteiger partial charge in [-0.1, -0.05) is 93.6 Å². The monoisotopic (exact) mass is 308 g/mol. The molecule has 0 N–H and O–H groups in total. The molecule has 0 unspecified atom stereocenters. The summed E-state index contributed by atoms with van der Waals surface area (Å²) in [6, 6.07) is 20.1. The van der Waals surface area contributed by atoms with Crippen LogP contribution >= 0.6 is 0 Å². The van der Waals surface area contributed by atoms with E-state index in [1.807, 2.05) is 0 Å². The first kappa shape index (κ1) is 17.8. The lowest BCUT2D eigenvalue weighted by molar-refractivity contribution is 0.594. The molecule has 2 rings (SSSR count). The van der Waals surface area contributed by atoms with Crippen molar-refractivity contribution in [2.75, 3.05) is 0 Å². The van der Waals surface area contributed by atoms with Gasteiger partial charge in [0.2, 0.25) is 0 Å². The van der Waals surface area contributed by atoms with E-state index in [9.17, 15) is 0 Å². The molecule has 0 saturated carbocycles. The Morgan fingerprint density at radius 3 is 1.43 bits per heavy atom. The van der Waals surface area contributed by atoms with E-state index in [2.05, 4.69) is 61.5 Å². The van der Waals surface area contributed by atoms with E-state index >= 15 is 0 Å². The molecule has 0 nitrogen and oxygen atoms in total. The average molecular weight is 309 g/mol. The average Bonchev–Trinajstić information content (AvgIpc) is 2.60. The fraction of sp³-hybridized carbons (Fsp3) is 0.478. The zero-order valence-corrected chi connectivity index (χ0v) is 14.8. The molecule has 0 heterocycles. The maximum absolute atomic E-state index is 2.32. The Bertz CT molecular complexity index is 509. The number of rotatable bonds is 11. The smallest absolute Gasteiger partial charge is 0.0279 e. The van der Waals surface area contributed by atoms with Gasteiger partial charge in [-0.2, -0.15) is 0 Å². The van der Waals surface area contributed by atoms with Crippen molar-refractivity contribution in [1.29, 1.82) is 0 Å². The third-order valence-electron chi connectivity index (χ3n) is 4.59. The molecule has 0 spiro atoms. The highest BCUT2D eigenvalue weighted by Gasteiger charge is 1.97. The topological polar surface area (TPSA) is 0 Å². The molecule has 0 heteroatoms. The third-order valence-corrected chi connectivity index (χ3v) is 4.59. The van der Waals surface area contributed by atoms with Crippen LogP contribution in [0.3, 0.4) is 0 Å². The van der Waals surface area contributed by atoms with Crippen LogP contribution < -0.4 is 0 Å². The summed E-state index contributed by atoms with van der Waals surface area (Å²) in [4.78, 5) is 0. The van der Waals surface area contributed by atoms with Gasteiger partial charge in [0.15, 0.2) is 0 Å². The van der Waals surface area contributed by atoms with E-state index in [1.54, 1.807) is 0 Å². The van der Waals surface area contributed by atoms with Gasteiger partial charge >= 0.3 is 0 Å². The molecule has 124 valence electrons. The van der Waals surface area contributed by atoms with Crippen molar-refractivity contribution in [2.45, 2.75) is 71.1 Å². The lowest BCUT2D eigenvalue weighted by atomic mass is 10.0. The van der Waals surface area contributed by atoms with Crippen molar-refractivity contribution < 1.29 is 0 Å². The summed E-state index contributed by atoms with van der Waals surface area (Å²) in [7, 11) is 0. The Morgan fingerprint density at radius 1 is 0.478 bits per heavy atom. The molecule has 2 aromatic carbocycles. The van der Waals surface area contributed by atoms with Crippen LogP contribution in [0, 0.1) is 0 Å². The molecular weight excluding hydrogens is 276 g/mol. The highest BCUT2D eigenvalue weighted by Crippen LogP contribution is 2.13. The first-order chi connectivity index (χ1) is 11.4. The van der Waals surface area contributed by atoms with Gasteiger partial charge in [0.25, 0.3) is 0 Å². The predicted octanol–water partition coefficient (Wildman–Crippen LogP) is 6.76. The van der Waals surface area contributed by atoms with Gasteiger partial charge < -0.3 is 0 Å². The van der Waals surface area contributed by atoms with Crippen LogP contribution in [-0.4, -0.2) is 0 Å². The van der Waals surface area contributed by atoms with Crippen molar-refractivity contribution in [3.63, 3.8) is 0 Å². The molecule has 0 atom stereocenters. The van der Waals surface area contributed by atoms with Crippen LogP contribution in [0.1, 0.15) is 68.6 Å². The Hall–Kier alpha value is -1.56. The van der Waals surface area contributed by atoms with Gasteiger partial charge in [-0.25, -0.2) is 0 Å². The molecule has 0 radical (unpaired) electrons. The van der Waals surface area contributed by atoms with Crippen molar-refractivity contribution >= 4 is 0 Å². The Labute approximate surface area is 143 Å². The quantitative estimate of drug-likeness (QED) is 0.402. The SMILES string of the molecule is CCCc1ccc(CCCCCCCCc2ccccc2)cc1. The van der Waals surface area contributed by atoms with Gasteiger partial charge in [-0.15, -0.1) is 0 Å². The molecule has 0 bridgehead atoms. The van der Waals surface area contributed by atoms with Gasteiger partial charge in [-0.3, -0.25) is 0 Å². The van der Waals surface area contributed by atoms with Gasteiger partial charge in [0.05, 0.1) is 0 Å². The summed E-state index contributed by atoms with van der Waals surface area (Å²) < 4.78 is 0. The van der Waals surface area contributed by atoms with E-state index in [0.717, 1.165) is 0 Å². The van der Waals surface area contributed by atoms with Crippen molar-refractivity contribution in [1.82, 2.24) is 0 Å². The van der Waals surface area contributed by atoms with Crippen LogP contribution in [0.5, 0.6) is 0 Å². The van der Waals surface area contributed by atoms with Crippen molar-refractivity contribution in [2.24, 2.45) is 0 Å². The van der Waals surface area contributed by atoms with Gasteiger partial charge in [-0.05, 0) is 48.8 Å². The fourth-order valence-corrected chi connectivity index (χ4v) is 3.17. The normalized spacial score (nSPS) is 10.8. The summed E-state index contributed by atoms with van der Waals surface area (Å²) in [6.07, 6.45) is 13.1. The minimum atomic E-state index is 1.21. The molecule has 2 aromatic rings. The lowest BCUT2D eigenvalue weighted by Crippen LogP contribution is -1.89. The third kappa shape index (κ3) is 7.50. The van der Waals surface area contributed by atoms with E-state index in [0.29, 0.717) is 0 Å². The second-order valence-corrected chi connectivity index (χ2v) is 6.67. The van der Waals surface area contributed by atoms with Gasteiger partial charge in [0, 0.05) is 0 Å². The molecule has 0 amide bonds. The van der Waals surface area contributed by atoms with Crippen LogP contribution in [0.25, 0.3) is 0 Å². The minimum Gasteiger partial charge on any atom is -0.0651 e. The predicted molar refractivity (Wildman–Crippen MR) is 102 cm³/mol. The largest absolute Gasteiger partial charge is 0.0651 e. The summed E-state index contributed by atoms with van der Waals surface area (Å²) in [5, 5.41) is 0. The second kappa shape index (κ2) is 11.0. The summed E-state index contributed by atoms with van der Waals surface area (Å²) in [5.74, 6) is 0. The number of hydrogen-bond donors (Lipinski definition) is 0. The maximum Gasteiger partial charge on any atom is -0.0279 e. The first-order valence-electron chi connectivity index (χ1n) is 9.50. The summed E-state index contributed by atoms with van der Waals surface area (Å²) >= 11 is 0. The van der Waals surface area contributed by atoms with Crippen LogP contribution in [0.2, 0.25) is 0 Å². The molecule has 0 saturated heterocycles. The minimum absolute atomic E-state index is 1.21. The second-order valence-electron chi connectivity index (χ2n) is 6.67. The van der Waals surface area contributed by atoms with Gasteiger partial charge in [0.1, 0.15) is 0 Å². The summed E-state index contributed by atoms with van der Waals surface area (Å²) in [5.41, 5.74) is 4.47. The van der Waals surface area contributed by atoms with Crippen molar-refractivity contribution in [3.8, 4) is 0 Å². The maximum atomic E-state index is 2.32. The fourth-order valence-electron chi connectivity index (χ4n) is 3.17. The molecule has 0 aromatic heterocycles. The molecular formula is C23H32. The number of hydrogen-bond acceptors (Lipinski definition) is 0. The van der Waals surface area contributed by atoms with Crippen LogP contribution in [-0.2, 0) is 19.3 Å². The Kier molecular flexibility index (Phi) is 8.55. The Morgan fingerprint density at radius 2 is 0.913 bits per heavy atom. The highest BCUT2D eigenvalue weighted by atomic mass is 14.0. The molecule has 0 aliphatic rings. The Balaban J connectivity index is 1.47. The zero-order valence-electron chi connectivity index (χ0n) is 14.8. The van der Waals surface area contributed by atoms with Crippen LogP contribution in [0.15, 0.2) is 54.6 Å². The van der Waals surface area contributed by atoms with E-state index in [1.165, 1.54) is 80.9 Å². The van der Waals surface area contributed by atoms with E-state index < -0.39 is 0 Å². The number of benzene rings is 2. The van der Waals surface area contributed by atoms with Crippen molar-refractivity contribution in [3.05, 3.63) is 71.3 Å². The number of aryl methyl sites for hydroxylation is 3. The van der Waals surface area contributed by atoms with E-state index in [-0.39, 0.29) is 0 Å². The molecule has 0 aliphatic heterocycles. The first-order valence-corrected chi connectivity index (χ1v) is 9.50. The molecule has 0 aliphatic carbocycles. The molecule has 0 fully saturated rings. The molecule has 23 heavy (non-hydrogen) atoms. The lowest BCUT2D eigenvalue weighted by Gasteiger charge is -2.05. The summed E-state index contributed by atoms with van der Waals surface area (Å²) in [6.45, 7) is 2.24. The van der Waals surface area contributed by atoms with Crippen LogP contribution in [0.4, 0.5) is 0 Å². The zero-order chi connectivity index (χ0) is 16.2. The van der Waals surface area contributed by atoms with E-state index in [4.69, 9.17) is 0 Å². The number of unbranched alkanes of at least 4 members (excludes halogenated alkanes) is 5.